The number of ether oxygens (including phenoxy) is 2. The van der Waals surface area contributed by atoms with Crippen LogP contribution in [0, 0.1) is 0 Å². The maximum Gasteiger partial charge on any atom is 0.338 e. The minimum Gasteiger partial charge on any atom is -0.484 e. The van der Waals surface area contributed by atoms with Crippen LogP contribution in [0.5, 0.6) is 5.75 Å². The number of benzene rings is 1. The van der Waals surface area contributed by atoms with Crippen LogP contribution < -0.4 is 10.5 Å². The lowest BCUT2D eigenvalue weighted by Gasteiger charge is -2.28. The van der Waals surface area contributed by atoms with E-state index in [1.54, 1.807) is 4.90 Å². The van der Waals surface area contributed by atoms with E-state index in [1.165, 1.54) is 24.3 Å². The number of amides is 2. The molecule has 0 spiro atoms. The molecule has 1 aliphatic heterocycles. The molecule has 1 aromatic carbocycles. The zero-order valence-electron chi connectivity index (χ0n) is 15.2. The van der Waals surface area contributed by atoms with Crippen molar-refractivity contribution < 1.29 is 32.3 Å². The van der Waals surface area contributed by atoms with Crippen LogP contribution in [0.4, 0.5) is 0 Å². The van der Waals surface area contributed by atoms with E-state index < -0.39 is 28.3 Å². The van der Waals surface area contributed by atoms with Gasteiger partial charge in [-0.2, -0.15) is 0 Å². The molecule has 2 amide bonds. The number of carbonyl (C=O) groups excluding carboxylic acids is 3. The first-order valence-corrected chi connectivity index (χ1v) is 10.8. The molecule has 1 heterocycles. The number of carbonyl (C=O) groups is 3. The summed E-state index contributed by atoms with van der Waals surface area (Å²) in [5.41, 5.74) is 5.21. The van der Waals surface area contributed by atoms with Gasteiger partial charge in [-0.05, 0) is 43.5 Å². The maximum atomic E-state index is 12.6. The van der Waals surface area contributed by atoms with Gasteiger partial charge in [0.05, 0.1) is 17.1 Å². The summed E-state index contributed by atoms with van der Waals surface area (Å²) in [4.78, 5) is 37.0. The molecule has 2 N–H and O–H groups in total. The fraction of sp³-hybridized carbons (Fsp3) is 0.500. The molecule has 1 aromatic rings. The lowest BCUT2D eigenvalue weighted by atomic mass is 10.2. The van der Waals surface area contributed by atoms with Gasteiger partial charge < -0.3 is 20.1 Å². The molecule has 152 valence electrons. The molecule has 28 heavy (non-hydrogen) atoms. The van der Waals surface area contributed by atoms with E-state index in [-0.39, 0.29) is 41.7 Å². The van der Waals surface area contributed by atoms with Crippen LogP contribution in [-0.2, 0) is 24.2 Å². The van der Waals surface area contributed by atoms with Crippen molar-refractivity contribution >= 4 is 27.6 Å². The van der Waals surface area contributed by atoms with Crippen LogP contribution in [0.2, 0.25) is 0 Å². The van der Waals surface area contributed by atoms with Crippen molar-refractivity contribution in [3.63, 3.8) is 0 Å². The number of nitrogens with two attached hydrogens (primary N) is 1. The number of sulfone groups is 1. The third-order valence-corrected chi connectivity index (χ3v) is 6.38. The summed E-state index contributed by atoms with van der Waals surface area (Å²) >= 11 is 0. The molecule has 0 radical (unpaired) electrons. The Bertz CT molecular complexity index is 862. The van der Waals surface area contributed by atoms with Crippen molar-refractivity contribution in [2.24, 2.45) is 5.73 Å². The summed E-state index contributed by atoms with van der Waals surface area (Å²) in [6.07, 6.45) is 2.09. The molecule has 1 saturated heterocycles. The van der Waals surface area contributed by atoms with Gasteiger partial charge in [0.25, 0.3) is 11.8 Å². The van der Waals surface area contributed by atoms with Gasteiger partial charge in [0.2, 0.25) is 0 Å². The molecule has 0 bridgehead atoms. The van der Waals surface area contributed by atoms with Crippen molar-refractivity contribution in [1.82, 2.24) is 4.90 Å². The van der Waals surface area contributed by atoms with Gasteiger partial charge in [-0.1, -0.05) is 0 Å². The maximum absolute atomic E-state index is 12.6. The van der Waals surface area contributed by atoms with Crippen LogP contribution in [-0.4, -0.2) is 67.9 Å². The first-order chi connectivity index (χ1) is 13.2. The smallest absolute Gasteiger partial charge is 0.338 e. The standard InChI is InChI=1S/C18H22N2O7S/c19-16(21)9-26-15-5-1-12(2-6-15)18(23)27-10-17(22)20(13-3-4-13)14-7-8-28(24,25)11-14/h1-2,5-6,13-14H,3-4,7-11H2,(H2,19,21). The topological polar surface area (TPSA) is 133 Å². The number of primary amides is 1. The highest BCUT2D eigenvalue weighted by molar-refractivity contribution is 7.91. The summed E-state index contributed by atoms with van der Waals surface area (Å²) in [6.45, 7) is -0.710. The van der Waals surface area contributed by atoms with E-state index in [9.17, 15) is 22.8 Å². The SMILES string of the molecule is NC(=O)COc1ccc(C(=O)OCC(=O)N(C2CC2)C2CCS(=O)(=O)C2)cc1. The van der Waals surface area contributed by atoms with E-state index in [0.717, 1.165) is 12.8 Å². The zero-order chi connectivity index (χ0) is 20.3. The van der Waals surface area contributed by atoms with Crippen molar-refractivity contribution in [3.8, 4) is 5.75 Å². The third-order valence-electron chi connectivity index (χ3n) is 4.63. The van der Waals surface area contributed by atoms with Crippen LogP contribution in [0.15, 0.2) is 24.3 Å². The molecule has 9 nitrogen and oxygen atoms in total. The third kappa shape index (κ3) is 5.22. The van der Waals surface area contributed by atoms with Gasteiger partial charge in [0.1, 0.15) is 5.75 Å². The molecule has 2 fully saturated rings. The number of hydrogen-bond donors (Lipinski definition) is 1. The summed E-state index contributed by atoms with van der Waals surface area (Å²) in [6, 6.07) is 5.57. The fourth-order valence-electron chi connectivity index (χ4n) is 3.18. The number of nitrogens with zero attached hydrogens (tertiary/aromatic N) is 1. The molecule has 1 atom stereocenters. The normalized spacial score (nSPS) is 20.4. The van der Waals surface area contributed by atoms with Crippen LogP contribution in [0.1, 0.15) is 29.6 Å². The first-order valence-electron chi connectivity index (χ1n) is 8.95. The van der Waals surface area contributed by atoms with E-state index in [1.807, 2.05) is 0 Å². The predicted octanol–water partition coefficient (Wildman–Crippen LogP) is -0.114. The second-order valence-corrected chi connectivity index (χ2v) is 9.17. The summed E-state index contributed by atoms with van der Waals surface area (Å²) < 4.78 is 33.6. The Morgan fingerprint density at radius 3 is 2.25 bits per heavy atom. The van der Waals surface area contributed by atoms with Crippen LogP contribution in [0.25, 0.3) is 0 Å². The number of esters is 1. The van der Waals surface area contributed by atoms with Crippen molar-refractivity contribution in [2.75, 3.05) is 24.7 Å². The van der Waals surface area contributed by atoms with Crippen LogP contribution in [0.3, 0.4) is 0 Å². The Hall–Kier alpha value is -2.62. The van der Waals surface area contributed by atoms with E-state index in [2.05, 4.69) is 0 Å². The molecular weight excluding hydrogens is 388 g/mol. The number of hydrogen-bond acceptors (Lipinski definition) is 7. The lowest BCUT2D eigenvalue weighted by Crippen LogP contribution is -2.44. The Kier molecular flexibility index (Phi) is 5.87. The molecule has 2 aliphatic rings. The minimum atomic E-state index is -3.11. The highest BCUT2D eigenvalue weighted by Gasteiger charge is 2.42. The van der Waals surface area contributed by atoms with E-state index in [4.69, 9.17) is 15.2 Å². The average molecular weight is 410 g/mol. The predicted molar refractivity (Wildman–Crippen MR) is 98.3 cm³/mol. The molecule has 3 rings (SSSR count). The Morgan fingerprint density at radius 2 is 1.71 bits per heavy atom. The van der Waals surface area contributed by atoms with Gasteiger partial charge >= 0.3 is 5.97 Å². The largest absolute Gasteiger partial charge is 0.484 e. The molecule has 1 aliphatic carbocycles. The zero-order valence-corrected chi connectivity index (χ0v) is 16.0. The monoisotopic (exact) mass is 410 g/mol. The van der Waals surface area contributed by atoms with Gasteiger partial charge in [-0.25, -0.2) is 13.2 Å². The van der Waals surface area contributed by atoms with E-state index >= 15 is 0 Å². The lowest BCUT2D eigenvalue weighted by molar-refractivity contribution is -0.137. The Morgan fingerprint density at radius 1 is 1.04 bits per heavy atom. The minimum absolute atomic E-state index is 0.0318. The average Bonchev–Trinajstić information content (AvgIpc) is 3.41. The molecule has 1 unspecified atom stereocenters. The Balaban J connectivity index is 1.54. The van der Waals surface area contributed by atoms with E-state index in [0.29, 0.717) is 12.2 Å². The highest BCUT2D eigenvalue weighted by atomic mass is 32.2. The van der Waals surface area contributed by atoms with Gasteiger partial charge in [0.15, 0.2) is 23.1 Å². The number of rotatable bonds is 8. The second-order valence-electron chi connectivity index (χ2n) is 6.94. The molecule has 1 saturated carbocycles. The quantitative estimate of drug-likeness (QED) is 0.591. The van der Waals surface area contributed by atoms with Crippen molar-refractivity contribution in [2.45, 2.75) is 31.3 Å². The first kappa shape index (κ1) is 20.1. The van der Waals surface area contributed by atoms with Gasteiger partial charge in [-0.15, -0.1) is 0 Å². The summed E-state index contributed by atoms with van der Waals surface area (Å²) in [5.74, 6) is -1.25. The van der Waals surface area contributed by atoms with Gasteiger partial charge in [0, 0.05) is 12.1 Å². The van der Waals surface area contributed by atoms with Crippen molar-refractivity contribution in [3.05, 3.63) is 29.8 Å². The van der Waals surface area contributed by atoms with Gasteiger partial charge in [-0.3, -0.25) is 9.59 Å². The van der Waals surface area contributed by atoms with Crippen molar-refractivity contribution in [1.29, 1.82) is 0 Å². The summed E-state index contributed by atoms with van der Waals surface area (Å²) in [7, 11) is -3.11. The molecule has 10 heteroatoms. The molecular formula is C18H22N2O7S. The fourth-order valence-corrected chi connectivity index (χ4v) is 4.89. The second kappa shape index (κ2) is 8.17. The summed E-state index contributed by atoms with van der Waals surface area (Å²) in [5, 5.41) is 0. The Labute approximate surface area is 162 Å². The highest BCUT2D eigenvalue weighted by Crippen LogP contribution is 2.32. The molecule has 0 aromatic heterocycles. The van der Waals surface area contributed by atoms with Crippen LogP contribution >= 0.6 is 0 Å².